The minimum absolute atomic E-state index is 0.00171. The molecule has 0 saturated carbocycles. The van der Waals surface area contributed by atoms with Crippen LogP contribution in [0.5, 0.6) is 11.5 Å². The van der Waals surface area contributed by atoms with E-state index in [0.717, 1.165) is 12.8 Å². The number of rotatable bonds is 9. The first-order chi connectivity index (χ1) is 13.0. The molecule has 0 aromatic heterocycles. The van der Waals surface area contributed by atoms with E-state index < -0.39 is 4.92 Å². The zero-order valence-corrected chi connectivity index (χ0v) is 15.3. The highest BCUT2D eigenvalue weighted by Gasteiger charge is 2.09. The molecule has 27 heavy (non-hydrogen) atoms. The van der Waals surface area contributed by atoms with Gasteiger partial charge in [-0.05, 0) is 42.3 Å². The van der Waals surface area contributed by atoms with Gasteiger partial charge in [-0.2, -0.15) is 0 Å². The van der Waals surface area contributed by atoms with Crippen molar-refractivity contribution < 1.29 is 19.2 Å². The number of nitrogens with zero attached hydrogens (tertiary/aromatic N) is 1. The Kier molecular flexibility index (Phi) is 7.37. The standard InChI is InChI=1S/C20H22N2O5/c1-3-4-13-27-19-11-10-17(26-2)14-18(19)21-20(23)12-7-15-5-8-16(9-6-15)22(24)25/h5-12,14H,3-4,13H2,1-2H3,(H,21,23). The van der Waals surface area contributed by atoms with Crippen LogP contribution in [0.25, 0.3) is 6.08 Å². The summed E-state index contributed by atoms with van der Waals surface area (Å²) in [5.74, 6) is 0.829. The molecule has 0 aliphatic heterocycles. The van der Waals surface area contributed by atoms with E-state index in [9.17, 15) is 14.9 Å². The molecule has 0 atom stereocenters. The van der Waals surface area contributed by atoms with Crippen molar-refractivity contribution in [1.82, 2.24) is 0 Å². The number of anilines is 1. The maximum Gasteiger partial charge on any atom is 0.269 e. The van der Waals surface area contributed by atoms with Gasteiger partial charge in [0.2, 0.25) is 5.91 Å². The van der Waals surface area contributed by atoms with Crippen LogP contribution in [0.2, 0.25) is 0 Å². The van der Waals surface area contributed by atoms with E-state index in [-0.39, 0.29) is 11.6 Å². The third-order valence-electron chi connectivity index (χ3n) is 3.73. The van der Waals surface area contributed by atoms with Crippen LogP contribution in [0.1, 0.15) is 25.3 Å². The van der Waals surface area contributed by atoms with Crippen molar-refractivity contribution in [3.63, 3.8) is 0 Å². The van der Waals surface area contributed by atoms with Crippen LogP contribution >= 0.6 is 0 Å². The summed E-state index contributed by atoms with van der Waals surface area (Å²) in [6.45, 7) is 2.63. The first-order valence-corrected chi connectivity index (χ1v) is 8.58. The minimum Gasteiger partial charge on any atom is -0.497 e. The third-order valence-corrected chi connectivity index (χ3v) is 3.73. The van der Waals surface area contributed by atoms with Gasteiger partial charge in [0, 0.05) is 24.3 Å². The Bertz CT molecular complexity index is 816. The van der Waals surface area contributed by atoms with Crippen molar-refractivity contribution in [3.8, 4) is 11.5 Å². The summed E-state index contributed by atoms with van der Waals surface area (Å²) in [5, 5.41) is 13.4. The quantitative estimate of drug-likeness (QED) is 0.305. The fraction of sp³-hybridized carbons (Fsp3) is 0.250. The lowest BCUT2D eigenvalue weighted by Crippen LogP contribution is -2.10. The summed E-state index contributed by atoms with van der Waals surface area (Å²) in [7, 11) is 1.55. The Balaban J connectivity index is 2.07. The van der Waals surface area contributed by atoms with E-state index in [2.05, 4.69) is 12.2 Å². The maximum atomic E-state index is 12.2. The second kappa shape index (κ2) is 9.96. The molecule has 0 unspecified atom stereocenters. The predicted octanol–water partition coefficient (Wildman–Crippen LogP) is 4.43. The fourth-order valence-electron chi connectivity index (χ4n) is 2.24. The van der Waals surface area contributed by atoms with Crippen molar-refractivity contribution in [2.75, 3.05) is 19.0 Å². The van der Waals surface area contributed by atoms with Crippen molar-refractivity contribution >= 4 is 23.4 Å². The third kappa shape index (κ3) is 6.14. The molecule has 0 radical (unpaired) electrons. The zero-order valence-electron chi connectivity index (χ0n) is 15.3. The predicted molar refractivity (Wildman–Crippen MR) is 104 cm³/mol. The Morgan fingerprint density at radius 3 is 2.59 bits per heavy atom. The van der Waals surface area contributed by atoms with Gasteiger partial charge in [0.15, 0.2) is 0 Å². The van der Waals surface area contributed by atoms with E-state index >= 15 is 0 Å². The Morgan fingerprint density at radius 1 is 1.22 bits per heavy atom. The van der Waals surface area contributed by atoms with Crippen LogP contribution < -0.4 is 14.8 Å². The zero-order chi connectivity index (χ0) is 19.6. The summed E-state index contributed by atoms with van der Waals surface area (Å²) in [6.07, 6.45) is 4.86. The van der Waals surface area contributed by atoms with E-state index in [1.165, 1.54) is 18.2 Å². The summed E-state index contributed by atoms with van der Waals surface area (Å²) >= 11 is 0. The second-order valence-corrected chi connectivity index (χ2v) is 5.74. The summed E-state index contributed by atoms with van der Waals surface area (Å²) in [6, 6.07) is 11.1. The lowest BCUT2D eigenvalue weighted by molar-refractivity contribution is -0.384. The number of nitro groups is 1. The highest BCUT2D eigenvalue weighted by atomic mass is 16.6. The van der Waals surface area contributed by atoms with Gasteiger partial charge in [-0.1, -0.05) is 13.3 Å². The summed E-state index contributed by atoms with van der Waals surface area (Å²) in [4.78, 5) is 22.4. The van der Waals surface area contributed by atoms with Crippen LogP contribution in [-0.4, -0.2) is 24.5 Å². The second-order valence-electron chi connectivity index (χ2n) is 5.74. The van der Waals surface area contributed by atoms with E-state index in [0.29, 0.717) is 29.4 Å². The summed E-state index contributed by atoms with van der Waals surface area (Å²) in [5.41, 5.74) is 1.20. The molecule has 0 heterocycles. The van der Waals surface area contributed by atoms with Gasteiger partial charge in [0.05, 0.1) is 24.3 Å². The Hall–Kier alpha value is -3.35. The molecule has 0 bridgehead atoms. The van der Waals surface area contributed by atoms with E-state index in [1.807, 2.05) is 0 Å². The number of hydrogen-bond acceptors (Lipinski definition) is 5. The number of nitro benzene ring substituents is 1. The molecule has 2 aromatic rings. The number of methoxy groups -OCH3 is 1. The monoisotopic (exact) mass is 370 g/mol. The highest BCUT2D eigenvalue weighted by molar-refractivity contribution is 6.02. The molecule has 1 N–H and O–H groups in total. The molecule has 1 amide bonds. The van der Waals surface area contributed by atoms with E-state index in [1.54, 1.807) is 43.5 Å². The van der Waals surface area contributed by atoms with Crippen LogP contribution in [0.15, 0.2) is 48.5 Å². The number of amides is 1. The van der Waals surface area contributed by atoms with E-state index in [4.69, 9.17) is 9.47 Å². The number of ether oxygens (including phenoxy) is 2. The number of nitrogens with one attached hydrogen (secondary N) is 1. The Morgan fingerprint density at radius 2 is 1.96 bits per heavy atom. The molecule has 0 aliphatic carbocycles. The number of unbranched alkanes of at least 4 members (excludes halogenated alkanes) is 1. The topological polar surface area (TPSA) is 90.7 Å². The average molecular weight is 370 g/mol. The molecule has 0 spiro atoms. The summed E-state index contributed by atoms with van der Waals surface area (Å²) < 4.78 is 10.9. The van der Waals surface area contributed by atoms with Gasteiger partial charge in [0.25, 0.3) is 5.69 Å². The molecule has 0 fully saturated rings. The molecule has 142 valence electrons. The normalized spacial score (nSPS) is 10.6. The Labute approximate surface area is 157 Å². The molecule has 7 nitrogen and oxygen atoms in total. The van der Waals surface area contributed by atoms with Crippen LogP contribution in [-0.2, 0) is 4.79 Å². The molecular weight excluding hydrogens is 348 g/mol. The first-order valence-electron chi connectivity index (χ1n) is 8.58. The average Bonchev–Trinajstić information content (AvgIpc) is 2.68. The maximum absolute atomic E-state index is 12.2. The van der Waals surface area contributed by atoms with Crippen molar-refractivity contribution in [1.29, 1.82) is 0 Å². The van der Waals surface area contributed by atoms with Gasteiger partial charge in [-0.25, -0.2) is 0 Å². The fourth-order valence-corrected chi connectivity index (χ4v) is 2.24. The molecule has 2 aromatic carbocycles. The van der Waals surface area contributed by atoms with Crippen LogP contribution in [0.3, 0.4) is 0 Å². The van der Waals surface area contributed by atoms with Gasteiger partial charge < -0.3 is 14.8 Å². The highest BCUT2D eigenvalue weighted by Crippen LogP contribution is 2.29. The number of benzene rings is 2. The SMILES string of the molecule is CCCCOc1ccc(OC)cc1NC(=O)C=Cc1ccc([N+](=O)[O-])cc1. The molecule has 7 heteroatoms. The largest absolute Gasteiger partial charge is 0.497 e. The molecule has 2 rings (SSSR count). The lowest BCUT2D eigenvalue weighted by atomic mass is 10.2. The van der Waals surface area contributed by atoms with Gasteiger partial charge in [0.1, 0.15) is 11.5 Å². The lowest BCUT2D eigenvalue weighted by Gasteiger charge is -2.13. The molecule has 0 saturated heterocycles. The van der Waals surface area contributed by atoms with Gasteiger partial charge in [-0.3, -0.25) is 14.9 Å². The molecular formula is C20H22N2O5. The van der Waals surface area contributed by atoms with Crippen LogP contribution in [0, 0.1) is 10.1 Å². The smallest absolute Gasteiger partial charge is 0.269 e. The number of carbonyl (C=O) groups excluding carboxylic acids is 1. The minimum atomic E-state index is -0.469. The first kappa shape index (κ1) is 20.0. The van der Waals surface area contributed by atoms with Gasteiger partial charge in [-0.15, -0.1) is 0 Å². The van der Waals surface area contributed by atoms with Crippen molar-refractivity contribution in [2.45, 2.75) is 19.8 Å². The molecule has 0 aliphatic rings. The number of hydrogen-bond donors (Lipinski definition) is 1. The number of carbonyl (C=O) groups is 1. The van der Waals surface area contributed by atoms with Crippen molar-refractivity contribution in [3.05, 3.63) is 64.2 Å². The van der Waals surface area contributed by atoms with Gasteiger partial charge >= 0.3 is 0 Å². The van der Waals surface area contributed by atoms with Crippen LogP contribution in [0.4, 0.5) is 11.4 Å². The van der Waals surface area contributed by atoms with Crippen molar-refractivity contribution in [2.24, 2.45) is 0 Å². The number of non-ortho nitro benzene ring substituents is 1.